The molecule has 4 nitrogen and oxygen atoms in total. The maximum atomic E-state index is 10.9. The van der Waals surface area contributed by atoms with E-state index in [9.17, 15) is 4.79 Å². The number of benzene rings is 2. The van der Waals surface area contributed by atoms with E-state index in [1.165, 1.54) is 0 Å². The van der Waals surface area contributed by atoms with Crippen molar-refractivity contribution in [1.29, 1.82) is 0 Å². The normalized spacial score (nSPS) is 9.85. The van der Waals surface area contributed by atoms with Crippen LogP contribution in [0.3, 0.4) is 0 Å². The fourth-order valence-corrected chi connectivity index (χ4v) is 1.49. The Hall–Kier alpha value is -2.49. The van der Waals surface area contributed by atoms with Gasteiger partial charge in [0.05, 0.1) is 0 Å². The molecule has 0 aliphatic heterocycles. The number of hydrogen-bond acceptors (Lipinski definition) is 4. The van der Waals surface area contributed by atoms with Gasteiger partial charge in [-0.05, 0) is 29.8 Å². The molecule has 2 aromatic rings. The zero-order valence-corrected chi connectivity index (χ0v) is 11.2. The van der Waals surface area contributed by atoms with Gasteiger partial charge in [-0.2, -0.15) is 0 Å². The average Bonchev–Trinajstić information content (AvgIpc) is 2.52. The van der Waals surface area contributed by atoms with Gasteiger partial charge in [0.1, 0.15) is 12.4 Å². The van der Waals surface area contributed by atoms with Crippen LogP contribution in [0.5, 0.6) is 11.5 Å². The highest BCUT2D eigenvalue weighted by Crippen LogP contribution is 2.19. The summed E-state index contributed by atoms with van der Waals surface area (Å²) < 4.78 is 5.63. The molecule has 0 spiro atoms. The van der Waals surface area contributed by atoms with E-state index in [-0.39, 0.29) is 6.42 Å². The fourth-order valence-electron chi connectivity index (χ4n) is 1.49. The van der Waals surface area contributed by atoms with Gasteiger partial charge in [0, 0.05) is 6.42 Å². The number of carbonyl (C=O) groups is 1. The van der Waals surface area contributed by atoms with Gasteiger partial charge in [-0.15, -0.1) is 0 Å². The lowest BCUT2D eigenvalue weighted by atomic mass is 10.2. The monoisotopic (exact) mass is 272 g/mol. The van der Waals surface area contributed by atoms with Gasteiger partial charge in [-0.1, -0.05) is 37.3 Å². The molecule has 0 saturated carbocycles. The molecule has 0 aliphatic rings. The highest BCUT2D eigenvalue weighted by molar-refractivity contribution is 5.68. The molecule has 0 amide bonds. The van der Waals surface area contributed by atoms with E-state index in [2.05, 4.69) is 4.89 Å². The lowest BCUT2D eigenvalue weighted by Crippen LogP contribution is -2.05. The molecular formula is C16H16O4. The van der Waals surface area contributed by atoms with E-state index in [0.717, 1.165) is 11.3 Å². The number of hydrogen-bond donors (Lipinski definition) is 0. The van der Waals surface area contributed by atoms with E-state index < -0.39 is 5.97 Å². The van der Waals surface area contributed by atoms with Crippen LogP contribution in [0.15, 0.2) is 54.6 Å². The highest BCUT2D eigenvalue weighted by Gasteiger charge is 2.02. The molecule has 2 rings (SSSR count). The third kappa shape index (κ3) is 4.31. The zero-order valence-electron chi connectivity index (χ0n) is 11.2. The number of rotatable bonds is 6. The average molecular weight is 272 g/mol. The predicted octanol–water partition coefficient (Wildman–Crippen LogP) is 3.51. The topological polar surface area (TPSA) is 44.8 Å². The van der Waals surface area contributed by atoms with Gasteiger partial charge in [-0.25, -0.2) is 4.79 Å². The lowest BCUT2D eigenvalue weighted by molar-refractivity contribution is -0.213. The molecule has 20 heavy (non-hydrogen) atoms. The van der Waals surface area contributed by atoms with E-state index in [1.807, 2.05) is 30.3 Å². The molecule has 104 valence electrons. The maximum absolute atomic E-state index is 10.9. The Bertz CT molecular complexity index is 534. The molecule has 0 fully saturated rings. The molecular weight excluding hydrogens is 256 g/mol. The second-order valence-corrected chi connectivity index (χ2v) is 4.14. The number of ether oxygens (including phenoxy) is 1. The standard InChI is InChI=1S/C16H16O4/c1-2-16(17)20-19-15-10-8-14(9-11-15)18-12-13-6-4-3-5-7-13/h3-11H,2,12H2,1H3. The van der Waals surface area contributed by atoms with Gasteiger partial charge in [0.15, 0.2) is 5.75 Å². The molecule has 4 heteroatoms. The van der Waals surface area contributed by atoms with E-state index >= 15 is 0 Å². The van der Waals surface area contributed by atoms with Crippen molar-refractivity contribution in [1.82, 2.24) is 0 Å². The van der Waals surface area contributed by atoms with Crippen molar-refractivity contribution in [2.24, 2.45) is 0 Å². The molecule has 0 aromatic heterocycles. The molecule has 0 saturated heterocycles. The van der Waals surface area contributed by atoms with E-state index in [0.29, 0.717) is 12.4 Å². The van der Waals surface area contributed by atoms with Crippen LogP contribution in [-0.2, 0) is 16.3 Å². The van der Waals surface area contributed by atoms with E-state index in [1.54, 1.807) is 31.2 Å². The van der Waals surface area contributed by atoms with Crippen LogP contribution < -0.4 is 9.62 Å². The summed E-state index contributed by atoms with van der Waals surface area (Å²) in [6.45, 7) is 2.21. The molecule has 0 atom stereocenters. The largest absolute Gasteiger partial charge is 0.489 e. The third-order valence-corrected chi connectivity index (χ3v) is 2.59. The minimum Gasteiger partial charge on any atom is -0.489 e. The minimum atomic E-state index is -0.408. The first-order valence-corrected chi connectivity index (χ1v) is 6.42. The molecule has 0 bridgehead atoms. The summed E-state index contributed by atoms with van der Waals surface area (Å²) in [6.07, 6.45) is 0.276. The van der Waals surface area contributed by atoms with Crippen LogP contribution in [0.1, 0.15) is 18.9 Å². The Morgan fingerprint density at radius 2 is 1.60 bits per heavy atom. The van der Waals surface area contributed by atoms with Gasteiger partial charge in [-0.3, -0.25) is 9.78 Å². The Morgan fingerprint density at radius 3 is 2.25 bits per heavy atom. The van der Waals surface area contributed by atoms with Crippen LogP contribution >= 0.6 is 0 Å². The van der Waals surface area contributed by atoms with Crippen LogP contribution in [-0.4, -0.2) is 5.97 Å². The van der Waals surface area contributed by atoms with Gasteiger partial charge in [0.25, 0.3) is 0 Å². The maximum Gasteiger partial charge on any atom is 0.355 e. The van der Waals surface area contributed by atoms with Gasteiger partial charge < -0.3 is 4.74 Å². The van der Waals surface area contributed by atoms with Crippen LogP contribution in [0.25, 0.3) is 0 Å². The van der Waals surface area contributed by atoms with Crippen molar-refractivity contribution < 1.29 is 19.3 Å². The Morgan fingerprint density at radius 1 is 0.950 bits per heavy atom. The molecule has 0 radical (unpaired) electrons. The predicted molar refractivity (Wildman–Crippen MR) is 74.2 cm³/mol. The van der Waals surface area contributed by atoms with Crippen molar-refractivity contribution in [2.45, 2.75) is 20.0 Å². The van der Waals surface area contributed by atoms with Gasteiger partial charge in [0.2, 0.25) is 0 Å². The summed E-state index contributed by atoms with van der Waals surface area (Å²) in [5.41, 5.74) is 1.10. The summed E-state index contributed by atoms with van der Waals surface area (Å²) in [7, 11) is 0. The first-order valence-electron chi connectivity index (χ1n) is 6.42. The lowest BCUT2D eigenvalue weighted by Gasteiger charge is -2.07. The highest BCUT2D eigenvalue weighted by atomic mass is 17.2. The summed E-state index contributed by atoms with van der Waals surface area (Å²) in [6, 6.07) is 16.8. The summed E-state index contributed by atoms with van der Waals surface area (Å²) in [4.78, 5) is 20.4. The molecule has 2 aromatic carbocycles. The summed E-state index contributed by atoms with van der Waals surface area (Å²) >= 11 is 0. The van der Waals surface area contributed by atoms with Gasteiger partial charge >= 0.3 is 5.97 Å². The second kappa shape index (κ2) is 7.19. The Balaban J connectivity index is 1.84. The van der Waals surface area contributed by atoms with Crippen molar-refractivity contribution in [3.63, 3.8) is 0 Å². The van der Waals surface area contributed by atoms with Crippen molar-refractivity contribution in [2.75, 3.05) is 0 Å². The quantitative estimate of drug-likeness (QED) is 0.596. The van der Waals surface area contributed by atoms with Crippen molar-refractivity contribution in [3.05, 3.63) is 60.2 Å². The zero-order chi connectivity index (χ0) is 14.2. The SMILES string of the molecule is CCC(=O)OOc1ccc(OCc2ccccc2)cc1. The van der Waals surface area contributed by atoms with Crippen LogP contribution in [0.4, 0.5) is 0 Å². The molecule has 0 N–H and O–H groups in total. The number of carbonyl (C=O) groups excluding carboxylic acids is 1. The third-order valence-electron chi connectivity index (χ3n) is 2.59. The van der Waals surface area contributed by atoms with Crippen molar-refractivity contribution in [3.8, 4) is 11.5 Å². The Kier molecular flexibility index (Phi) is 5.00. The minimum absolute atomic E-state index is 0.276. The van der Waals surface area contributed by atoms with E-state index in [4.69, 9.17) is 9.62 Å². The second-order valence-electron chi connectivity index (χ2n) is 4.14. The first kappa shape index (κ1) is 13.9. The summed E-state index contributed by atoms with van der Waals surface area (Å²) in [5.74, 6) is 0.774. The molecule has 0 unspecified atom stereocenters. The van der Waals surface area contributed by atoms with Crippen molar-refractivity contribution >= 4 is 5.97 Å². The Labute approximate surface area is 117 Å². The molecule has 0 heterocycles. The molecule has 0 aliphatic carbocycles. The summed E-state index contributed by atoms with van der Waals surface area (Å²) in [5, 5.41) is 0. The van der Waals surface area contributed by atoms with Crippen LogP contribution in [0, 0.1) is 0 Å². The van der Waals surface area contributed by atoms with Crippen LogP contribution in [0.2, 0.25) is 0 Å². The smallest absolute Gasteiger partial charge is 0.355 e. The fraction of sp³-hybridized carbons (Fsp3) is 0.188. The first-order chi connectivity index (χ1) is 9.78.